The summed E-state index contributed by atoms with van der Waals surface area (Å²) in [6.07, 6.45) is 0.750. The Bertz CT molecular complexity index is 543. The molecule has 1 atom stereocenters. The van der Waals surface area contributed by atoms with Crippen molar-refractivity contribution in [1.29, 1.82) is 0 Å². The van der Waals surface area contributed by atoms with Gasteiger partial charge in [0.25, 0.3) is 0 Å². The van der Waals surface area contributed by atoms with Crippen molar-refractivity contribution in [2.24, 2.45) is 0 Å². The molecule has 4 heteroatoms. The second kappa shape index (κ2) is 6.89. The van der Waals surface area contributed by atoms with Gasteiger partial charge in [-0.1, -0.05) is 37.3 Å². The fourth-order valence-corrected chi connectivity index (χ4v) is 1.94. The van der Waals surface area contributed by atoms with Crippen LogP contribution in [0.15, 0.2) is 36.4 Å². The molecule has 0 fully saturated rings. The molecule has 106 valence electrons. The largest absolute Gasteiger partial charge is 0.470 e. The fraction of sp³-hybridized carbons (Fsp3) is 0.375. The predicted octanol–water partition coefficient (Wildman–Crippen LogP) is 3.61. The molecule has 0 aliphatic heterocycles. The van der Waals surface area contributed by atoms with Crippen LogP contribution < -0.4 is 10.1 Å². The molecule has 0 aliphatic rings. The van der Waals surface area contributed by atoms with Crippen LogP contribution in [0.2, 0.25) is 0 Å². The maximum absolute atomic E-state index is 5.94. The minimum Gasteiger partial charge on any atom is -0.470 e. The molecule has 0 saturated heterocycles. The van der Waals surface area contributed by atoms with E-state index >= 15 is 0 Å². The van der Waals surface area contributed by atoms with Gasteiger partial charge in [-0.2, -0.15) is 4.98 Å². The molecular weight excluding hydrogens is 250 g/mol. The smallest absolute Gasteiger partial charge is 0.219 e. The summed E-state index contributed by atoms with van der Waals surface area (Å²) in [5, 5.41) is 3.20. The van der Waals surface area contributed by atoms with Gasteiger partial charge in [-0.15, -0.1) is 0 Å². The van der Waals surface area contributed by atoms with E-state index in [9.17, 15) is 0 Å². The molecule has 1 unspecified atom stereocenters. The van der Waals surface area contributed by atoms with Gasteiger partial charge in [-0.05, 0) is 19.4 Å². The zero-order valence-electron chi connectivity index (χ0n) is 12.3. The molecule has 1 aromatic carbocycles. The highest BCUT2D eigenvalue weighted by molar-refractivity contribution is 5.38. The molecule has 20 heavy (non-hydrogen) atoms. The third-order valence-electron chi connectivity index (χ3n) is 2.99. The van der Waals surface area contributed by atoms with Crippen molar-refractivity contribution in [1.82, 2.24) is 9.97 Å². The zero-order valence-corrected chi connectivity index (χ0v) is 12.3. The maximum atomic E-state index is 5.94. The Balaban J connectivity index is 2.17. The summed E-state index contributed by atoms with van der Waals surface area (Å²) in [5.74, 6) is 2.22. The highest BCUT2D eigenvalue weighted by Gasteiger charge is 2.10. The zero-order chi connectivity index (χ0) is 14.4. The maximum Gasteiger partial charge on any atom is 0.219 e. The lowest BCUT2D eigenvalue weighted by Crippen LogP contribution is -2.08. The molecule has 0 radical (unpaired) electrons. The van der Waals surface area contributed by atoms with Gasteiger partial charge in [-0.25, -0.2) is 4.98 Å². The first kappa shape index (κ1) is 14.3. The van der Waals surface area contributed by atoms with Crippen LogP contribution in [0.5, 0.6) is 5.88 Å². The highest BCUT2D eigenvalue weighted by Crippen LogP contribution is 2.22. The van der Waals surface area contributed by atoms with Gasteiger partial charge < -0.3 is 10.1 Å². The van der Waals surface area contributed by atoms with Crippen molar-refractivity contribution in [3.05, 3.63) is 47.8 Å². The molecule has 1 heterocycles. The quantitative estimate of drug-likeness (QED) is 0.872. The van der Waals surface area contributed by atoms with E-state index in [-0.39, 0.29) is 6.10 Å². The van der Waals surface area contributed by atoms with Crippen molar-refractivity contribution in [2.75, 3.05) is 11.9 Å². The molecule has 0 spiro atoms. The molecule has 1 N–H and O–H groups in total. The van der Waals surface area contributed by atoms with Gasteiger partial charge in [0.05, 0.1) is 0 Å². The minimum atomic E-state index is -0.0368. The van der Waals surface area contributed by atoms with Crippen LogP contribution in [0.3, 0.4) is 0 Å². The summed E-state index contributed by atoms with van der Waals surface area (Å²) in [5.41, 5.74) is 1.13. The van der Waals surface area contributed by atoms with Gasteiger partial charge >= 0.3 is 0 Å². The Morgan fingerprint density at radius 2 is 1.90 bits per heavy atom. The minimum absolute atomic E-state index is 0.0368. The summed E-state index contributed by atoms with van der Waals surface area (Å²) in [4.78, 5) is 8.85. The highest BCUT2D eigenvalue weighted by atomic mass is 16.5. The number of benzene rings is 1. The normalized spacial score (nSPS) is 11.9. The van der Waals surface area contributed by atoms with Crippen LogP contribution in [-0.4, -0.2) is 16.5 Å². The van der Waals surface area contributed by atoms with Crippen LogP contribution in [0, 0.1) is 0 Å². The predicted molar refractivity (Wildman–Crippen MR) is 81.1 cm³/mol. The first-order valence-corrected chi connectivity index (χ1v) is 7.06. The lowest BCUT2D eigenvalue weighted by Gasteiger charge is -2.15. The Labute approximate surface area is 120 Å². The van der Waals surface area contributed by atoms with E-state index in [0.717, 1.165) is 30.2 Å². The molecule has 2 rings (SSSR count). The van der Waals surface area contributed by atoms with Gasteiger partial charge in [0.15, 0.2) is 0 Å². The average Bonchev–Trinajstić information content (AvgIpc) is 2.48. The number of nitrogens with one attached hydrogen (secondary N) is 1. The number of hydrogen-bond acceptors (Lipinski definition) is 4. The Morgan fingerprint density at radius 1 is 1.15 bits per heavy atom. The van der Waals surface area contributed by atoms with Crippen molar-refractivity contribution in [3.8, 4) is 5.88 Å². The Hall–Kier alpha value is -2.10. The third kappa shape index (κ3) is 3.70. The van der Waals surface area contributed by atoms with Crippen molar-refractivity contribution < 1.29 is 4.74 Å². The second-order valence-corrected chi connectivity index (χ2v) is 4.56. The number of ether oxygens (including phenoxy) is 1. The van der Waals surface area contributed by atoms with E-state index in [1.54, 1.807) is 0 Å². The van der Waals surface area contributed by atoms with Crippen LogP contribution in [0.4, 0.5) is 5.82 Å². The monoisotopic (exact) mass is 271 g/mol. The lowest BCUT2D eigenvalue weighted by molar-refractivity contribution is 0.216. The summed E-state index contributed by atoms with van der Waals surface area (Å²) in [7, 11) is 0. The van der Waals surface area contributed by atoms with E-state index < -0.39 is 0 Å². The molecule has 0 bridgehead atoms. The summed E-state index contributed by atoms with van der Waals surface area (Å²) >= 11 is 0. The number of rotatable bonds is 6. The standard InChI is InChI=1S/C16H21N3O/c1-4-14-18-15(17-5-2)11-16(19-14)20-12(3)13-9-7-6-8-10-13/h6-12H,4-5H2,1-3H3,(H,17,18,19). The average molecular weight is 271 g/mol. The molecule has 2 aromatic rings. The van der Waals surface area contributed by atoms with Crippen molar-refractivity contribution in [3.63, 3.8) is 0 Å². The topological polar surface area (TPSA) is 47.0 Å². The molecular formula is C16H21N3O. The molecule has 0 saturated carbocycles. The Kier molecular flexibility index (Phi) is 4.93. The Morgan fingerprint density at radius 3 is 2.55 bits per heavy atom. The van der Waals surface area contributed by atoms with Crippen LogP contribution in [0.25, 0.3) is 0 Å². The van der Waals surface area contributed by atoms with Gasteiger partial charge in [0.1, 0.15) is 17.7 Å². The number of hydrogen-bond donors (Lipinski definition) is 1. The van der Waals surface area contributed by atoms with Crippen LogP contribution in [0.1, 0.15) is 38.3 Å². The summed E-state index contributed by atoms with van der Waals surface area (Å²) in [6.45, 7) is 6.93. The van der Waals surface area contributed by atoms with E-state index in [1.165, 1.54) is 0 Å². The van der Waals surface area contributed by atoms with Crippen LogP contribution >= 0.6 is 0 Å². The van der Waals surface area contributed by atoms with Crippen molar-refractivity contribution in [2.45, 2.75) is 33.3 Å². The first-order chi connectivity index (χ1) is 9.72. The summed E-state index contributed by atoms with van der Waals surface area (Å²) in [6, 6.07) is 12.0. The SMILES string of the molecule is CCNc1cc(OC(C)c2ccccc2)nc(CC)n1. The fourth-order valence-electron chi connectivity index (χ4n) is 1.94. The first-order valence-electron chi connectivity index (χ1n) is 7.06. The van der Waals surface area contributed by atoms with E-state index in [1.807, 2.05) is 45.0 Å². The van der Waals surface area contributed by atoms with E-state index in [4.69, 9.17) is 4.74 Å². The number of aryl methyl sites for hydroxylation is 1. The van der Waals surface area contributed by atoms with Crippen molar-refractivity contribution >= 4 is 5.82 Å². The molecule has 4 nitrogen and oxygen atoms in total. The lowest BCUT2D eigenvalue weighted by atomic mass is 10.1. The molecule has 0 aliphatic carbocycles. The molecule has 0 amide bonds. The number of nitrogens with zero attached hydrogens (tertiary/aromatic N) is 2. The van der Waals surface area contributed by atoms with Gasteiger partial charge in [0, 0.05) is 19.0 Å². The van der Waals surface area contributed by atoms with E-state index in [2.05, 4.69) is 27.4 Å². The number of aromatic nitrogens is 2. The van der Waals surface area contributed by atoms with Gasteiger partial charge in [0.2, 0.25) is 5.88 Å². The van der Waals surface area contributed by atoms with E-state index in [0.29, 0.717) is 5.88 Å². The number of anilines is 1. The third-order valence-corrected chi connectivity index (χ3v) is 2.99. The van der Waals surface area contributed by atoms with Crippen LogP contribution in [-0.2, 0) is 6.42 Å². The summed E-state index contributed by atoms with van der Waals surface area (Å²) < 4.78 is 5.94. The van der Waals surface area contributed by atoms with Gasteiger partial charge in [-0.3, -0.25) is 0 Å². The molecule has 1 aromatic heterocycles. The second-order valence-electron chi connectivity index (χ2n) is 4.56.